The van der Waals surface area contributed by atoms with Crippen LogP contribution < -0.4 is 10.6 Å². The van der Waals surface area contributed by atoms with Crippen LogP contribution in [0.2, 0.25) is 0 Å². The molecular weight excluding hydrogens is 388 g/mol. The van der Waals surface area contributed by atoms with Crippen molar-refractivity contribution in [3.63, 3.8) is 0 Å². The maximum atomic E-state index is 12.9. The van der Waals surface area contributed by atoms with E-state index in [4.69, 9.17) is 5.73 Å². The molecule has 1 amide bonds. The normalized spacial score (nSPS) is 11.8. The van der Waals surface area contributed by atoms with Gasteiger partial charge in [-0.25, -0.2) is 0 Å². The molecule has 1 atom stereocenters. The van der Waals surface area contributed by atoms with Crippen molar-refractivity contribution in [2.45, 2.75) is 25.9 Å². The van der Waals surface area contributed by atoms with Crippen LogP contribution in [0.1, 0.15) is 18.9 Å². The molecule has 7 heteroatoms. The first-order chi connectivity index (χ1) is 15.2. The number of aromatic nitrogens is 4. The van der Waals surface area contributed by atoms with E-state index in [1.165, 1.54) is 0 Å². The van der Waals surface area contributed by atoms with E-state index in [1.54, 1.807) is 4.90 Å². The summed E-state index contributed by atoms with van der Waals surface area (Å²) in [6.45, 7) is 2.37. The summed E-state index contributed by atoms with van der Waals surface area (Å²) in [5.74, 6) is 0.467. The summed E-state index contributed by atoms with van der Waals surface area (Å²) in [6, 6.07) is 25.2. The molecule has 0 aliphatic heterocycles. The van der Waals surface area contributed by atoms with E-state index in [2.05, 4.69) is 20.6 Å². The summed E-state index contributed by atoms with van der Waals surface area (Å²) in [7, 11) is 0. The predicted molar refractivity (Wildman–Crippen MR) is 121 cm³/mol. The van der Waals surface area contributed by atoms with Gasteiger partial charge >= 0.3 is 0 Å². The third-order valence-electron chi connectivity index (χ3n) is 5.21. The van der Waals surface area contributed by atoms with Crippen LogP contribution in [-0.2, 0) is 11.3 Å². The Morgan fingerprint density at radius 1 is 0.968 bits per heavy atom. The van der Waals surface area contributed by atoms with Gasteiger partial charge in [-0.1, -0.05) is 73.7 Å². The predicted octanol–water partition coefficient (Wildman–Crippen LogP) is 3.80. The monoisotopic (exact) mass is 412 g/mol. The molecule has 0 bridgehead atoms. The SMILES string of the molecule is CCC(N)C(=O)N(Cc1ccc(-c2ccccc2-c2nn[nH]n2)cc1)c1ccccc1. The number of nitrogens with two attached hydrogens (primary N) is 1. The Balaban J connectivity index is 1.61. The maximum absolute atomic E-state index is 12.9. The Hall–Kier alpha value is -3.84. The smallest absolute Gasteiger partial charge is 0.244 e. The van der Waals surface area contributed by atoms with Crippen molar-refractivity contribution in [3.05, 3.63) is 84.4 Å². The van der Waals surface area contributed by atoms with Gasteiger partial charge in [0.2, 0.25) is 11.7 Å². The fourth-order valence-electron chi connectivity index (χ4n) is 3.46. The second kappa shape index (κ2) is 9.32. The Morgan fingerprint density at radius 2 is 1.65 bits per heavy atom. The number of nitrogens with zero attached hydrogens (tertiary/aromatic N) is 4. The van der Waals surface area contributed by atoms with Crippen molar-refractivity contribution in [1.29, 1.82) is 0 Å². The first-order valence-corrected chi connectivity index (χ1v) is 10.2. The van der Waals surface area contributed by atoms with Crippen molar-refractivity contribution in [2.24, 2.45) is 5.73 Å². The number of carbonyl (C=O) groups is 1. The average molecular weight is 412 g/mol. The number of anilines is 1. The molecule has 4 rings (SSSR count). The standard InChI is InChI=1S/C24H24N6O/c1-2-22(25)24(31)30(19-8-4-3-5-9-19)16-17-12-14-18(15-13-17)20-10-6-7-11-21(20)23-26-28-29-27-23/h3-15,22H,2,16,25H2,1H3,(H,26,27,28,29). The van der Waals surface area contributed by atoms with E-state index in [0.29, 0.717) is 18.8 Å². The maximum Gasteiger partial charge on any atom is 0.244 e. The lowest BCUT2D eigenvalue weighted by Gasteiger charge is -2.25. The van der Waals surface area contributed by atoms with E-state index in [0.717, 1.165) is 27.9 Å². The summed E-state index contributed by atoms with van der Waals surface area (Å²) < 4.78 is 0. The molecule has 3 aromatic carbocycles. The Kier molecular flexibility index (Phi) is 6.14. The number of rotatable bonds is 7. The Labute approximate surface area is 180 Å². The molecule has 0 fully saturated rings. The Morgan fingerprint density at radius 3 is 2.29 bits per heavy atom. The van der Waals surface area contributed by atoms with Crippen LogP contribution in [0.5, 0.6) is 0 Å². The topological polar surface area (TPSA) is 101 Å². The largest absolute Gasteiger partial charge is 0.320 e. The van der Waals surface area contributed by atoms with Crippen LogP contribution in [0, 0.1) is 0 Å². The van der Waals surface area contributed by atoms with Gasteiger partial charge in [0.15, 0.2) is 0 Å². The average Bonchev–Trinajstić information content (AvgIpc) is 3.37. The molecule has 156 valence electrons. The number of benzene rings is 3. The molecule has 0 saturated carbocycles. The van der Waals surface area contributed by atoms with E-state index >= 15 is 0 Å². The lowest BCUT2D eigenvalue weighted by atomic mass is 9.98. The minimum atomic E-state index is -0.527. The summed E-state index contributed by atoms with van der Waals surface area (Å²) in [5.41, 5.74) is 10.9. The van der Waals surface area contributed by atoms with Gasteiger partial charge < -0.3 is 10.6 Å². The highest BCUT2D eigenvalue weighted by Gasteiger charge is 2.21. The van der Waals surface area contributed by atoms with Crippen LogP contribution in [0.15, 0.2) is 78.9 Å². The third-order valence-corrected chi connectivity index (χ3v) is 5.21. The molecule has 0 aliphatic carbocycles. The zero-order valence-corrected chi connectivity index (χ0v) is 17.3. The molecular formula is C24H24N6O. The highest BCUT2D eigenvalue weighted by molar-refractivity contribution is 5.97. The van der Waals surface area contributed by atoms with Crippen molar-refractivity contribution in [1.82, 2.24) is 20.6 Å². The number of hydrogen-bond donors (Lipinski definition) is 2. The van der Waals surface area contributed by atoms with Crippen LogP contribution in [0.4, 0.5) is 5.69 Å². The lowest BCUT2D eigenvalue weighted by Crippen LogP contribution is -2.43. The van der Waals surface area contributed by atoms with Crippen LogP contribution >= 0.6 is 0 Å². The molecule has 0 saturated heterocycles. The number of carbonyl (C=O) groups excluding carboxylic acids is 1. The van der Waals surface area contributed by atoms with E-state index in [9.17, 15) is 4.79 Å². The summed E-state index contributed by atoms with van der Waals surface area (Å²) >= 11 is 0. The van der Waals surface area contributed by atoms with Crippen molar-refractivity contribution in [2.75, 3.05) is 4.90 Å². The van der Waals surface area contributed by atoms with Gasteiger partial charge in [0.05, 0.1) is 12.6 Å². The number of tetrazole rings is 1. The fourth-order valence-corrected chi connectivity index (χ4v) is 3.46. The number of aromatic amines is 1. The van der Waals surface area contributed by atoms with E-state index in [1.807, 2.05) is 85.8 Å². The zero-order valence-electron chi connectivity index (χ0n) is 17.3. The molecule has 31 heavy (non-hydrogen) atoms. The van der Waals surface area contributed by atoms with Gasteiger partial charge in [0.1, 0.15) is 0 Å². The second-order valence-corrected chi connectivity index (χ2v) is 7.25. The Bertz CT molecular complexity index is 1130. The van der Waals surface area contributed by atoms with Crippen molar-refractivity contribution < 1.29 is 4.79 Å². The van der Waals surface area contributed by atoms with Crippen molar-refractivity contribution >= 4 is 11.6 Å². The highest BCUT2D eigenvalue weighted by atomic mass is 16.2. The van der Waals surface area contributed by atoms with Gasteiger partial charge in [0, 0.05) is 11.3 Å². The van der Waals surface area contributed by atoms with E-state index < -0.39 is 6.04 Å². The number of para-hydroxylation sites is 1. The molecule has 1 aromatic heterocycles. The second-order valence-electron chi connectivity index (χ2n) is 7.25. The van der Waals surface area contributed by atoms with Crippen LogP contribution in [0.3, 0.4) is 0 Å². The molecule has 4 aromatic rings. The molecule has 0 radical (unpaired) electrons. The third kappa shape index (κ3) is 4.51. The van der Waals surface area contributed by atoms with Gasteiger partial charge in [-0.2, -0.15) is 5.21 Å². The molecule has 7 nitrogen and oxygen atoms in total. The van der Waals surface area contributed by atoms with E-state index in [-0.39, 0.29) is 5.91 Å². The summed E-state index contributed by atoms with van der Waals surface area (Å²) in [4.78, 5) is 14.7. The zero-order chi connectivity index (χ0) is 21.6. The minimum Gasteiger partial charge on any atom is -0.320 e. The first-order valence-electron chi connectivity index (χ1n) is 10.2. The molecule has 1 unspecified atom stereocenters. The lowest BCUT2D eigenvalue weighted by molar-refractivity contribution is -0.120. The quantitative estimate of drug-likeness (QED) is 0.481. The minimum absolute atomic E-state index is 0.0831. The number of amides is 1. The number of H-pyrrole nitrogens is 1. The summed E-state index contributed by atoms with van der Waals surface area (Å²) in [5, 5.41) is 14.4. The van der Waals surface area contributed by atoms with Crippen LogP contribution in [0.25, 0.3) is 22.5 Å². The van der Waals surface area contributed by atoms with Gasteiger partial charge in [-0.05, 0) is 40.5 Å². The molecule has 3 N–H and O–H groups in total. The molecule has 0 spiro atoms. The fraction of sp³-hybridized carbons (Fsp3) is 0.167. The molecule has 0 aliphatic rings. The van der Waals surface area contributed by atoms with Crippen molar-refractivity contribution in [3.8, 4) is 22.5 Å². The van der Waals surface area contributed by atoms with Gasteiger partial charge in [0.25, 0.3) is 0 Å². The van der Waals surface area contributed by atoms with Gasteiger partial charge in [-0.15, -0.1) is 10.2 Å². The van der Waals surface area contributed by atoms with Gasteiger partial charge in [-0.3, -0.25) is 4.79 Å². The number of nitrogens with one attached hydrogen (secondary N) is 1. The first kappa shape index (κ1) is 20.4. The number of hydrogen-bond acceptors (Lipinski definition) is 5. The summed E-state index contributed by atoms with van der Waals surface area (Å²) in [6.07, 6.45) is 0.591. The molecule has 1 heterocycles. The van der Waals surface area contributed by atoms with Crippen LogP contribution in [-0.4, -0.2) is 32.6 Å². The highest BCUT2D eigenvalue weighted by Crippen LogP contribution is 2.30.